The van der Waals surface area contributed by atoms with Gasteiger partial charge in [-0.2, -0.15) is 5.26 Å². The molecule has 0 spiro atoms. The Hall–Kier alpha value is -2.95. The number of hydrogen-bond acceptors (Lipinski definition) is 5. The fourth-order valence-electron chi connectivity index (χ4n) is 5.05. The summed E-state index contributed by atoms with van der Waals surface area (Å²) in [6, 6.07) is 21.2. The molecule has 0 bridgehead atoms. The summed E-state index contributed by atoms with van der Waals surface area (Å²) in [6.45, 7) is 3.07. The van der Waals surface area contributed by atoms with Crippen molar-refractivity contribution < 1.29 is 19.0 Å². The molecule has 3 aromatic carbocycles. The Labute approximate surface area is 229 Å². The van der Waals surface area contributed by atoms with Crippen LogP contribution in [0.3, 0.4) is 0 Å². The summed E-state index contributed by atoms with van der Waals surface area (Å²) in [4.78, 5) is 0. The molecule has 5 nitrogen and oxygen atoms in total. The van der Waals surface area contributed by atoms with Crippen molar-refractivity contribution in [2.75, 3.05) is 26.9 Å². The van der Waals surface area contributed by atoms with E-state index in [2.05, 4.69) is 23.5 Å². The fraction of sp³-hybridized carbons (Fsp3) is 0.387. The maximum atomic E-state index is 15.7. The molecule has 0 saturated heterocycles. The van der Waals surface area contributed by atoms with Gasteiger partial charge in [0.15, 0.2) is 11.6 Å². The number of ether oxygens (including phenoxy) is 2. The van der Waals surface area contributed by atoms with Gasteiger partial charge in [-0.1, -0.05) is 48.0 Å². The maximum absolute atomic E-state index is 15.7. The third-order valence-electron chi connectivity index (χ3n) is 7.31. The summed E-state index contributed by atoms with van der Waals surface area (Å²) < 4.78 is 26.3. The number of nitrogens with zero attached hydrogens (tertiary/aromatic N) is 1. The summed E-state index contributed by atoms with van der Waals surface area (Å²) in [6.07, 6.45) is 3.36. The summed E-state index contributed by atoms with van der Waals surface area (Å²) in [5.74, 6) is -0.598. The summed E-state index contributed by atoms with van der Waals surface area (Å²) >= 11 is 6.61. The van der Waals surface area contributed by atoms with Crippen LogP contribution in [0.15, 0.2) is 60.7 Å². The lowest BCUT2D eigenvalue weighted by molar-refractivity contribution is 0.0141. The average molecular weight is 537 g/mol. The van der Waals surface area contributed by atoms with Crippen molar-refractivity contribution in [2.24, 2.45) is 0 Å². The highest BCUT2D eigenvalue weighted by atomic mass is 35.5. The van der Waals surface area contributed by atoms with Crippen molar-refractivity contribution in [3.63, 3.8) is 0 Å². The van der Waals surface area contributed by atoms with Gasteiger partial charge in [0.25, 0.3) is 0 Å². The summed E-state index contributed by atoms with van der Waals surface area (Å²) in [5, 5.41) is 24.2. The smallest absolute Gasteiger partial charge is 0.174 e. The van der Waals surface area contributed by atoms with E-state index < -0.39 is 11.4 Å². The van der Waals surface area contributed by atoms with Crippen LogP contribution in [0.1, 0.15) is 55.2 Å². The lowest BCUT2D eigenvalue weighted by Gasteiger charge is -2.34. The van der Waals surface area contributed by atoms with Crippen molar-refractivity contribution in [1.29, 1.82) is 5.26 Å². The highest BCUT2D eigenvalue weighted by Gasteiger charge is 2.29. The van der Waals surface area contributed by atoms with Gasteiger partial charge in [-0.05, 0) is 68.0 Å². The van der Waals surface area contributed by atoms with Crippen molar-refractivity contribution in [1.82, 2.24) is 5.32 Å². The molecule has 7 heteroatoms. The number of nitriles is 1. The quantitative estimate of drug-likeness (QED) is 0.291. The van der Waals surface area contributed by atoms with Crippen LogP contribution >= 0.6 is 11.6 Å². The van der Waals surface area contributed by atoms with E-state index in [1.165, 1.54) is 6.07 Å². The average Bonchev–Trinajstić information content (AvgIpc) is 2.92. The zero-order valence-corrected chi connectivity index (χ0v) is 22.6. The standard InChI is InChI=1S/C31H34ClFN2O3/c1-31(36)14-12-24(13-15-31)35-20-26(21-6-4-3-5-7-21)22-8-10-27(32)25(18-22)29-23(19-34)9-11-28(30(29)33)38-17-16-37-2/h3-11,18,24,26,35-36H,12-17,20H2,1-2H3. The lowest BCUT2D eigenvalue weighted by atomic mass is 9.83. The Bertz CT molecular complexity index is 1270. The molecule has 200 valence electrons. The van der Waals surface area contributed by atoms with Crippen LogP contribution in [0, 0.1) is 17.1 Å². The molecule has 1 saturated carbocycles. The molecule has 1 aliphatic carbocycles. The number of hydrogen-bond donors (Lipinski definition) is 2. The Morgan fingerprint density at radius 3 is 2.53 bits per heavy atom. The minimum atomic E-state index is -0.622. The molecule has 1 aliphatic rings. The largest absolute Gasteiger partial charge is 0.488 e. The van der Waals surface area contributed by atoms with Gasteiger partial charge in [0.05, 0.1) is 23.8 Å². The van der Waals surface area contributed by atoms with Gasteiger partial charge in [-0.25, -0.2) is 4.39 Å². The number of halogens is 2. The third kappa shape index (κ3) is 6.73. The van der Waals surface area contributed by atoms with Gasteiger partial charge in [-0.3, -0.25) is 0 Å². The number of aliphatic hydroxyl groups is 1. The Balaban J connectivity index is 1.69. The zero-order valence-electron chi connectivity index (χ0n) is 21.8. The lowest BCUT2D eigenvalue weighted by Crippen LogP contribution is -2.41. The molecular formula is C31H34ClFN2O3. The van der Waals surface area contributed by atoms with Crippen LogP contribution in [0.25, 0.3) is 11.1 Å². The minimum absolute atomic E-state index is 0.0237. The van der Waals surface area contributed by atoms with E-state index >= 15 is 4.39 Å². The zero-order chi connectivity index (χ0) is 27.1. The van der Waals surface area contributed by atoms with Crippen LogP contribution in [0.4, 0.5) is 4.39 Å². The molecule has 4 rings (SSSR count). The van der Waals surface area contributed by atoms with Crippen LogP contribution in [0.2, 0.25) is 5.02 Å². The second-order valence-electron chi connectivity index (χ2n) is 10.1. The van der Waals surface area contributed by atoms with Gasteiger partial charge < -0.3 is 19.9 Å². The molecule has 0 aliphatic heterocycles. The number of methoxy groups -OCH3 is 1. The first-order valence-electron chi connectivity index (χ1n) is 13.0. The van der Waals surface area contributed by atoms with Gasteiger partial charge in [0.1, 0.15) is 6.61 Å². The van der Waals surface area contributed by atoms with Crippen molar-refractivity contribution >= 4 is 11.6 Å². The molecule has 0 amide bonds. The molecule has 0 radical (unpaired) electrons. The first kappa shape index (κ1) is 28.1. The summed E-state index contributed by atoms with van der Waals surface area (Å²) in [7, 11) is 1.55. The van der Waals surface area contributed by atoms with E-state index in [1.54, 1.807) is 19.2 Å². The van der Waals surface area contributed by atoms with Gasteiger partial charge in [0.2, 0.25) is 0 Å². The molecule has 0 heterocycles. The first-order valence-corrected chi connectivity index (χ1v) is 13.4. The van der Waals surface area contributed by atoms with E-state index in [0.717, 1.165) is 36.8 Å². The normalized spacial score (nSPS) is 20.1. The van der Waals surface area contributed by atoms with Crippen molar-refractivity contribution in [3.05, 3.63) is 88.2 Å². The van der Waals surface area contributed by atoms with Crippen molar-refractivity contribution in [2.45, 2.75) is 50.2 Å². The number of rotatable bonds is 10. The predicted molar refractivity (Wildman–Crippen MR) is 148 cm³/mol. The SMILES string of the molecule is COCCOc1ccc(C#N)c(-c2cc(C(CNC3CCC(C)(O)CC3)c3ccccc3)ccc2Cl)c1F. The minimum Gasteiger partial charge on any atom is -0.488 e. The van der Waals surface area contributed by atoms with E-state index in [-0.39, 0.29) is 29.4 Å². The Morgan fingerprint density at radius 1 is 1.11 bits per heavy atom. The van der Waals surface area contributed by atoms with E-state index in [4.69, 9.17) is 21.1 Å². The fourth-order valence-corrected chi connectivity index (χ4v) is 5.26. The van der Waals surface area contributed by atoms with E-state index in [1.807, 2.05) is 37.3 Å². The number of benzene rings is 3. The van der Waals surface area contributed by atoms with Gasteiger partial charge in [-0.15, -0.1) is 0 Å². The Morgan fingerprint density at radius 2 is 1.84 bits per heavy atom. The molecule has 2 N–H and O–H groups in total. The van der Waals surface area contributed by atoms with E-state index in [0.29, 0.717) is 29.8 Å². The number of nitrogens with one attached hydrogen (secondary N) is 1. The molecule has 1 atom stereocenters. The predicted octanol–water partition coefficient (Wildman–Crippen LogP) is 6.46. The third-order valence-corrected chi connectivity index (χ3v) is 7.64. The molecule has 1 fully saturated rings. The molecule has 1 unspecified atom stereocenters. The van der Waals surface area contributed by atoms with Gasteiger partial charge in [0, 0.05) is 41.8 Å². The van der Waals surface area contributed by atoms with Gasteiger partial charge >= 0.3 is 0 Å². The van der Waals surface area contributed by atoms with Crippen molar-refractivity contribution in [3.8, 4) is 22.9 Å². The molecule has 38 heavy (non-hydrogen) atoms. The second-order valence-corrected chi connectivity index (χ2v) is 10.5. The Kier molecular flexibility index (Phi) is 9.40. The maximum Gasteiger partial charge on any atom is 0.174 e. The van der Waals surface area contributed by atoms with Crippen LogP contribution < -0.4 is 10.1 Å². The topological polar surface area (TPSA) is 74.5 Å². The van der Waals surface area contributed by atoms with E-state index in [9.17, 15) is 10.4 Å². The van der Waals surface area contributed by atoms with Crippen LogP contribution in [0.5, 0.6) is 5.75 Å². The molecule has 0 aromatic heterocycles. The first-order chi connectivity index (χ1) is 18.3. The monoisotopic (exact) mass is 536 g/mol. The molecular weight excluding hydrogens is 503 g/mol. The highest BCUT2D eigenvalue weighted by molar-refractivity contribution is 6.33. The highest BCUT2D eigenvalue weighted by Crippen LogP contribution is 2.39. The molecule has 3 aromatic rings. The second kappa shape index (κ2) is 12.7. The van der Waals surface area contributed by atoms with Crippen LogP contribution in [-0.4, -0.2) is 43.6 Å². The van der Waals surface area contributed by atoms with Crippen LogP contribution in [-0.2, 0) is 4.74 Å². The summed E-state index contributed by atoms with van der Waals surface area (Å²) in [5.41, 5.74) is 2.25.